The Balaban J connectivity index is 0.943. The van der Waals surface area contributed by atoms with Crippen molar-refractivity contribution in [3.05, 3.63) is 403 Å². The molecule has 17 aromatic carbocycles. The lowest BCUT2D eigenvalue weighted by Crippen LogP contribution is -2.61. The Morgan fingerprint density at radius 1 is 0.217 bits per heavy atom. The highest BCUT2D eigenvalue weighted by Gasteiger charge is 2.47. The van der Waals surface area contributed by atoms with E-state index in [2.05, 4.69) is 514 Å². The van der Waals surface area contributed by atoms with Crippen molar-refractivity contribution < 1.29 is 0 Å². The van der Waals surface area contributed by atoms with E-state index in [1.54, 1.807) is 0 Å². The van der Waals surface area contributed by atoms with E-state index in [1.807, 2.05) is 0 Å². The van der Waals surface area contributed by atoms with E-state index < -0.39 is 0 Å². The molecule has 0 amide bonds. The molecule has 2 aliphatic rings. The van der Waals surface area contributed by atoms with Crippen molar-refractivity contribution >= 4 is 101 Å². The SMILES string of the molecule is CCCCCCCc1cc2c3c(c1)N(c1c(-c4ccc(-c5ccccc5)cc4)cc(C(C)(C)C)cc1-c1ccc(-c4ccccc4)cc1)c1cc(-n4c5ccc(C(C)(C)C)cc5c5cc(C(C)(C)C)ccc54)ccc1B3c1ccc(-n3c4ccc(C(C)(C)C)cc4c4cc(C(C)(C)C)ccc43)cc1N2c1c(-c2ccc(-c3ccccc3)cc2)cc(C(C)(C)C)cc1-c1ccc(-c2ccccc2)cc1. The first-order valence-electron chi connectivity index (χ1n) is 50.4. The Kier molecular flexibility index (Phi) is 22.9. The normalized spacial score (nSPS) is 13.0. The summed E-state index contributed by atoms with van der Waals surface area (Å²) in [6, 6.07) is 142. The number of unbranched alkanes of at least 4 members (excludes halogenated alkanes) is 4. The van der Waals surface area contributed by atoms with Gasteiger partial charge in [0.25, 0.3) is 6.71 Å². The quantitative estimate of drug-likeness (QED) is 0.0629. The molecule has 5 heteroatoms. The topological polar surface area (TPSA) is 16.3 Å². The average molecular weight is 1790 g/mol. The highest BCUT2D eigenvalue weighted by atomic mass is 15.2. The highest BCUT2D eigenvalue weighted by molar-refractivity contribution is 7.00. The van der Waals surface area contributed by atoms with Gasteiger partial charge in [-0.2, -0.15) is 0 Å². The summed E-state index contributed by atoms with van der Waals surface area (Å²) in [4.78, 5) is 5.65. The van der Waals surface area contributed by atoms with E-state index in [4.69, 9.17) is 0 Å². The molecule has 0 saturated carbocycles. The molecule has 0 saturated heterocycles. The average Bonchev–Trinajstić information content (AvgIpc) is 0.781. The first kappa shape index (κ1) is 90.5. The number of hydrogen-bond acceptors (Lipinski definition) is 2. The van der Waals surface area contributed by atoms with Crippen molar-refractivity contribution in [2.24, 2.45) is 0 Å². The summed E-state index contributed by atoms with van der Waals surface area (Å²) in [5.41, 5.74) is 44.3. The Hall–Kier alpha value is -14.0. The second-order valence-corrected chi connectivity index (χ2v) is 45.5. The minimum atomic E-state index is -0.315. The molecular formula is C133H129BN4. The fourth-order valence-electron chi connectivity index (χ4n) is 21.7. The highest BCUT2D eigenvalue weighted by Crippen LogP contribution is 2.57. The van der Waals surface area contributed by atoms with Gasteiger partial charge in [0.2, 0.25) is 0 Å². The molecule has 4 heterocycles. The fraction of sp³-hybridized carbons (Fsp3) is 0.233. The molecule has 0 unspecified atom stereocenters. The predicted molar refractivity (Wildman–Crippen MR) is 597 cm³/mol. The van der Waals surface area contributed by atoms with Crippen LogP contribution in [0.1, 0.15) is 203 Å². The molecule has 0 bridgehead atoms. The monoisotopic (exact) mass is 1790 g/mol. The Morgan fingerprint density at radius 3 is 0.732 bits per heavy atom. The lowest BCUT2D eigenvalue weighted by Gasteiger charge is -2.46. The molecule has 2 aliphatic heterocycles. The zero-order valence-electron chi connectivity index (χ0n) is 84.2. The van der Waals surface area contributed by atoms with Gasteiger partial charge in [-0.25, -0.2) is 0 Å². The third-order valence-corrected chi connectivity index (χ3v) is 29.8. The van der Waals surface area contributed by atoms with Crippen molar-refractivity contribution in [1.82, 2.24) is 9.13 Å². The van der Waals surface area contributed by atoms with Gasteiger partial charge in [-0.3, -0.25) is 0 Å². The van der Waals surface area contributed by atoms with Crippen molar-refractivity contribution in [3.8, 4) is 100 Å². The van der Waals surface area contributed by atoms with Gasteiger partial charge in [0.15, 0.2) is 0 Å². The number of hydrogen-bond donors (Lipinski definition) is 0. The minimum absolute atomic E-state index is 0.0947. The predicted octanol–water partition coefficient (Wildman–Crippen LogP) is 35.6. The van der Waals surface area contributed by atoms with Crippen LogP contribution in [0.3, 0.4) is 0 Å². The molecule has 0 spiro atoms. The number of fused-ring (bicyclic) bond motifs is 10. The summed E-state index contributed by atoms with van der Waals surface area (Å²) in [6.45, 7) is 44.7. The molecule has 138 heavy (non-hydrogen) atoms. The van der Waals surface area contributed by atoms with E-state index in [1.165, 1.54) is 168 Å². The standard InChI is InChI=1S/C133H129BN4/c1-20-21-22-23-28-37-86-74-123-125-124(75-86)138(127-109(97-58-50-93(51-59-97)89-42-33-26-34-43-89)82-104(133(17,18)19)83-110(127)98-60-52-94(53-61-98)90-44-35-27-36-45-90)122-85-106(136-119-72-64-101(130(8,9)10)78-113(119)114-79-102(131(11,12)13)65-73-120(114)136)67-69-116(122)134(125)115-68-66-105(135-117-70-62-99(128(2,3)4)76-111(117)112-77-100(129(5,6)7)63-71-118(112)135)84-121(115)137(123)126-107(95-54-46-91(47-55-95)87-38-29-24-30-39-87)80-103(132(14,15)16)81-108(126)96-56-48-92(49-57-96)88-40-31-25-32-41-88/h24-27,29-36,38-85H,20-23,28,37H2,1-19H3. The van der Waals surface area contributed by atoms with Crippen LogP contribution < -0.4 is 26.2 Å². The molecule has 0 radical (unpaired) electrons. The number of aryl methyl sites for hydroxylation is 1. The molecule has 0 atom stereocenters. The summed E-state index contributed by atoms with van der Waals surface area (Å²) in [5, 5.41) is 5.04. The molecular weight excluding hydrogens is 1660 g/mol. The molecule has 0 aliphatic carbocycles. The lowest BCUT2D eigenvalue weighted by molar-refractivity contribution is 0.590. The van der Waals surface area contributed by atoms with Crippen molar-refractivity contribution in [2.75, 3.05) is 9.80 Å². The van der Waals surface area contributed by atoms with Crippen molar-refractivity contribution in [2.45, 2.75) is 203 Å². The van der Waals surface area contributed by atoms with Gasteiger partial charge in [0.1, 0.15) is 0 Å². The van der Waals surface area contributed by atoms with E-state index in [0.29, 0.717) is 0 Å². The molecule has 684 valence electrons. The van der Waals surface area contributed by atoms with Crippen molar-refractivity contribution in [3.63, 3.8) is 0 Å². The van der Waals surface area contributed by atoms with E-state index in [9.17, 15) is 0 Å². The maximum Gasteiger partial charge on any atom is 0.252 e. The first-order chi connectivity index (χ1) is 66.2. The minimum Gasteiger partial charge on any atom is -0.310 e. The van der Waals surface area contributed by atoms with Gasteiger partial charge in [0.05, 0.1) is 33.4 Å². The van der Waals surface area contributed by atoms with Crippen LogP contribution >= 0.6 is 0 Å². The molecule has 4 nitrogen and oxygen atoms in total. The van der Waals surface area contributed by atoms with Crippen LogP contribution in [0.4, 0.5) is 34.1 Å². The van der Waals surface area contributed by atoms with Crippen LogP contribution in [-0.2, 0) is 38.9 Å². The van der Waals surface area contributed by atoms with Crippen molar-refractivity contribution in [1.29, 1.82) is 0 Å². The molecule has 19 aromatic rings. The number of benzene rings is 17. The summed E-state index contributed by atoms with van der Waals surface area (Å²) in [5.74, 6) is 0. The van der Waals surface area contributed by atoms with Crippen LogP contribution in [0.5, 0.6) is 0 Å². The number of nitrogens with zero attached hydrogens (tertiary/aromatic N) is 4. The van der Waals surface area contributed by atoms with Gasteiger partial charge >= 0.3 is 0 Å². The largest absolute Gasteiger partial charge is 0.310 e. The zero-order valence-corrected chi connectivity index (χ0v) is 84.2. The van der Waals surface area contributed by atoms with Gasteiger partial charge < -0.3 is 18.9 Å². The van der Waals surface area contributed by atoms with Crippen LogP contribution in [0, 0.1) is 0 Å². The van der Waals surface area contributed by atoms with Crippen LogP contribution in [0.15, 0.2) is 364 Å². The molecule has 0 N–H and O–H groups in total. The maximum absolute atomic E-state index is 2.83. The lowest BCUT2D eigenvalue weighted by atomic mass is 9.33. The number of rotatable bonds is 18. The van der Waals surface area contributed by atoms with Crippen LogP contribution in [0.2, 0.25) is 0 Å². The van der Waals surface area contributed by atoms with Gasteiger partial charge in [-0.05, 0) is 277 Å². The summed E-state index contributed by atoms with van der Waals surface area (Å²) in [7, 11) is 0. The zero-order chi connectivity index (χ0) is 95.8. The molecule has 21 rings (SSSR count). The number of aromatic nitrogens is 2. The Labute approximate surface area is 819 Å². The maximum atomic E-state index is 2.83. The Morgan fingerprint density at radius 2 is 0.471 bits per heavy atom. The van der Waals surface area contributed by atoms with Gasteiger partial charge in [-0.1, -0.05) is 412 Å². The number of anilines is 6. The summed E-state index contributed by atoms with van der Waals surface area (Å²) in [6.07, 6.45) is 6.56. The van der Waals surface area contributed by atoms with E-state index >= 15 is 0 Å². The molecule has 0 fully saturated rings. The third kappa shape index (κ3) is 16.7. The third-order valence-electron chi connectivity index (χ3n) is 29.8. The summed E-state index contributed by atoms with van der Waals surface area (Å²) >= 11 is 0. The second kappa shape index (κ2) is 34.9. The van der Waals surface area contributed by atoms with Crippen LogP contribution in [0.25, 0.3) is 144 Å². The van der Waals surface area contributed by atoms with Crippen LogP contribution in [-0.4, -0.2) is 15.8 Å². The smallest absolute Gasteiger partial charge is 0.252 e. The Bertz CT molecular complexity index is 7050. The first-order valence-corrected chi connectivity index (χ1v) is 50.4. The summed E-state index contributed by atoms with van der Waals surface area (Å²) < 4.78 is 5.22. The molecule has 2 aromatic heterocycles. The van der Waals surface area contributed by atoms with Gasteiger partial charge in [-0.15, -0.1) is 0 Å². The van der Waals surface area contributed by atoms with Gasteiger partial charge in [0, 0.05) is 77.9 Å². The van der Waals surface area contributed by atoms with E-state index in [-0.39, 0.29) is 39.2 Å². The fourth-order valence-corrected chi connectivity index (χ4v) is 21.7. The van der Waals surface area contributed by atoms with E-state index in [0.717, 1.165) is 104 Å². The second-order valence-electron chi connectivity index (χ2n) is 45.5.